The molecular weight excluding hydrogens is 249 g/mol. The largest absolute Gasteiger partial charge is 0.455 e. The number of ether oxygens (including phenoxy) is 1. The second-order valence-electron chi connectivity index (χ2n) is 4.78. The predicted octanol–water partition coefficient (Wildman–Crippen LogP) is 2.68. The molecule has 1 rings (SSSR count). The summed E-state index contributed by atoms with van der Waals surface area (Å²) in [7, 11) is 0. The van der Waals surface area contributed by atoms with Crippen LogP contribution < -0.4 is 0 Å². The van der Waals surface area contributed by atoms with Crippen LogP contribution in [0.4, 0.5) is 13.2 Å². The first-order valence-corrected chi connectivity index (χ1v) is 5.15. The highest BCUT2D eigenvalue weighted by Gasteiger charge is 2.32. The summed E-state index contributed by atoms with van der Waals surface area (Å²) in [6.45, 7) is 5.34. The van der Waals surface area contributed by atoms with Gasteiger partial charge in [0.15, 0.2) is 11.4 Å². The predicted molar refractivity (Wildman–Crippen MR) is 56.7 cm³/mol. The molecule has 18 heavy (non-hydrogen) atoms. The molecule has 0 aliphatic heterocycles. The molecular formula is C11H13F3N2O2. The fourth-order valence-corrected chi connectivity index (χ4v) is 1.09. The molecule has 0 fully saturated rings. The Morgan fingerprint density at radius 3 is 2.22 bits per heavy atom. The van der Waals surface area contributed by atoms with Crippen molar-refractivity contribution in [3.63, 3.8) is 0 Å². The van der Waals surface area contributed by atoms with Gasteiger partial charge in [0.1, 0.15) is 5.60 Å². The number of aromatic nitrogens is 2. The third kappa shape index (κ3) is 3.68. The van der Waals surface area contributed by atoms with E-state index >= 15 is 0 Å². The van der Waals surface area contributed by atoms with Gasteiger partial charge in [0.25, 0.3) is 5.92 Å². The highest BCUT2D eigenvalue weighted by molar-refractivity contribution is 5.87. The lowest BCUT2D eigenvalue weighted by Gasteiger charge is -2.19. The Labute approximate surface area is 102 Å². The van der Waals surface area contributed by atoms with E-state index in [0.29, 0.717) is 6.92 Å². The fourth-order valence-electron chi connectivity index (χ4n) is 1.09. The van der Waals surface area contributed by atoms with Crippen LogP contribution in [-0.2, 0) is 10.7 Å². The summed E-state index contributed by atoms with van der Waals surface area (Å²) in [5.41, 5.74) is -2.34. The van der Waals surface area contributed by atoms with Crippen LogP contribution in [0.3, 0.4) is 0 Å². The molecule has 0 aromatic carbocycles. The molecule has 0 aliphatic carbocycles. The van der Waals surface area contributed by atoms with Gasteiger partial charge in [-0.15, -0.1) is 0 Å². The van der Waals surface area contributed by atoms with Crippen LogP contribution in [0.15, 0.2) is 6.20 Å². The van der Waals surface area contributed by atoms with Gasteiger partial charge in [0, 0.05) is 6.92 Å². The minimum absolute atomic E-state index is 0.449. The van der Waals surface area contributed by atoms with Crippen molar-refractivity contribution in [2.24, 2.45) is 0 Å². The Morgan fingerprint density at radius 1 is 1.28 bits per heavy atom. The number of rotatable bonds is 2. The van der Waals surface area contributed by atoms with Crippen LogP contribution in [0.2, 0.25) is 0 Å². The van der Waals surface area contributed by atoms with Crippen LogP contribution in [0.1, 0.15) is 43.9 Å². The molecule has 0 bridgehead atoms. The van der Waals surface area contributed by atoms with E-state index in [1.54, 1.807) is 20.8 Å². The second kappa shape index (κ2) is 4.55. The zero-order valence-electron chi connectivity index (χ0n) is 10.4. The van der Waals surface area contributed by atoms with Gasteiger partial charge in [0.05, 0.1) is 6.20 Å². The summed E-state index contributed by atoms with van der Waals surface area (Å²) in [4.78, 5) is 17.8. The summed E-state index contributed by atoms with van der Waals surface area (Å²) >= 11 is 0. The van der Waals surface area contributed by atoms with Gasteiger partial charge >= 0.3 is 5.97 Å². The van der Waals surface area contributed by atoms with E-state index in [1.165, 1.54) is 0 Å². The van der Waals surface area contributed by atoms with Crippen molar-refractivity contribution in [1.29, 1.82) is 0 Å². The summed E-state index contributed by atoms with van der Waals surface area (Å²) in [5, 5.41) is 0. The zero-order valence-corrected chi connectivity index (χ0v) is 10.4. The minimum atomic E-state index is -3.45. The van der Waals surface area contributed by atoms with Gasteiger partial charge in [-0.3, -0.25) is 0 Å². The molecule has 0 amide bonds. The van der Waals surface area contributed by atoms with E-state index in [2.05, 4.69) is 9.97 Å². The van der Waals surface area contributed by atoms with E-state index in [-0.39, 0.29) is 0 Å². The number of nitrogens with zero attached hydrogens (tertiary/aromatic N) is 2. The Morgan fingerprint density at radius 2 is 1.83 bits per heavy atom. The Bertz CT molecular complexity index is 464. The average molecular weight is 262 g/mol. The van der Waals surface area contributed by atoms with Crippen LogP contribution in [0.5, 0.6) is 0 Å². The molecule has 100 valence electrons. The number of esters is 1. The summed E-state index contributed by atoms with van der Waals surface area (Å²) in [6.07, 6.45) is 0.768. The van der Waals surface area contributed by atoms with Crippen LogP contribution in [-0.4, -0.2) is 21.5 Å². The molecule has 0 radical (unpaired) electrons. The maximum atomic E-state index is 13.3. The molecule has 0 unspecified atom stereocenters. The Balaban J connectivity index is 3.02. The standard InChI is InChI=1S/C11H13F3N2O2/c1-10(2,3)18-9(17)6-5-15-7(8(12)16-6)11(4,13)14/h5H,1-4H3. The molecule has 0 atom stereocenters. The summed E-state index contributed by atoms with van der Waals surface area (Å²) in [5.74, 6) is -5.85. The van der Waals surface area contributed by atoms with Gasteiger partial charge in [0.2, 0.25) is 5.95 Å². The van der Waals surface area contributed by atoms with Gasteiger partial charge in [-0.1, -0.05) is 0 Å². The SMILES string of the molecule is CC(C)(C)OC(=O)c1cnc(C(C)(F)F)c(F)n1. The van der Waals surface area contributed by atoms with Gasteiger partial charge in [-0.2, -0.15) is 13.2 Å². The molecule has 1 aromatic heterocycles. The van der Waals surface area contributed by atoms with Crippen LogP contribution in [0.25, 0.3) is 0 Å². The number of carbonyl (C=O) groups excluding carboxylic acids is 1. The van der Waals surface area contributed by atoms with Gasteiger partial charge < -0.3 is 4.74 Å². The number of alkyl halides is 2. The molecule has 1 heterocycles. The number of hydrogen-bond acceptors (Lipinski definition) is 4. The fraction of sp³-hybridized carbons (Fsp3) is 0.545. The Hall–Kier alpha value is -1.66. The lowest BCUT2D eigenvalue weighted by molar-refractivity contribution is 0.00288. The van der Waals surface area contributed by atoms with Crippen molar-refractivity contribution in [3.05, 3.63) is 23.5 Å². The van der Waals surface area contributed by atoms with Crippen molar-refractivity contribution in [3.8, 4) is 0 Å². The quantitative estimate of drug-likeness (QED) is 0.769. The third-order valence-corrected chi connectivity index (χ3v) is 1.75. The lowest BCUT2D eigenvalue weighted by Crippen LogP contribution is -2.25. The summed E-state index contributed by atoms with van der Waals surface area (Å²) < 4.78 is 43.9. The zero-order chi connectivity index (χ0) is 14.1. The molecule has 0 saturated heterocycles. The van der Waals surface area contributed by atoms with E-state index < -0.39 is 34.8 Å². The molecule has 0 saturated carbocycles. The van der Waals surface area contributed by atoms with Gasteiger partial charge in [-0.25, -0.2) is 14.8 Å². The average Bonchev–Trinajstić information content (AvgIpc) is 2.12. The maximum absolute atomic E-state index is 13.3. The number of halogens is 3. The molecule has 4 nitrogen and oxygen atoms in total. The van der Waals surface area contributed by atoms with E-state index in [4.69, 9.17) is 4.74 Å². The molecule has 0 spiro atoms. The van der Waals surface area contributed by atoms with Crippen molar-refractivity contribution >= 4 is 5.97 Å². The first-order chi connectivity index (χ1) is 8.00. The topological polar surface area (TPSA) is 52.1 Å². The summed E-state index contributed by atoms with van der Waals surface area (Å²) in [6, 6.07) is 0. The van der Waals surface area contributed by atoms with Crippen molar-refractivity contribution in [2.75, 3.05) is 0 Å². The first-order valence-electron chi connectivity index (χ1n) is 5.15. The minimum Gasteiger partial charge on any atom is -0.455 e. The number of hydrogen-bond donors (Lipinski definition) is 0. The maximum Gasteiger partial charge on any atom is 0.359 e. The van der Waals surface area contributed by atoms with Crippen LogP contribution in [0, 0.1) is 5.95 Å². The first kappa shape index (κ1) is 14.4. The smallest absolute Gasteiger partial charge is 0.359 e. The molecule has 7 heteroatoms. The normalized spacial score (nSPS) is 12.4. The van der Waals surface area contributed by atoms with Crippen molar-refractivity contribution in [2.45, 2.75) is 39.2 Å². The highest BCUT2D eigenvalue weighted by atomic mass is 19.3. The number of carbonyl (C=O) groups is 1. The van der Waals surface area contributed by atoms with E-state index in [0.717, 1.165) is 6.20 Å². The lowest BCUT2D eigenvalue weighted by atomic mass is 10.2. The van der Waals surface area contributed by atoms with E-state index in [1.807, 2.05) is 0 Å². The molecule has 1 aromatic rings. The van der Waals surface area contributed by atoms with Crippen molar-refractivity contribution < 1.29 is 22.7 Å². The molecule has 0 N–H and O–H groups in total. The molecule has 0 aliphatic rings. The van der Waals surface area contributed by atoms with Crippen LogP contribution >= 0.6 is 0 Å². The van der Waals surface area contributed by atoms with E-state index in [9.17, 15) is 18.0 Å². The third-order valence-electron chi connectivity index (χ3n) is 1.75. The Kier molecular flexibility index (Phi) is 3.64. The van der Waals surface area contributed by atoms with Gasteiger partial charge in [-0.05, 0) is 20.8 Å². The second-order valence-corrected chi connectivity index (χ2v) is 4.78. The highest BCUT2D eigenvalue weighted by Crippen LogP contribution is 2.26. The monoisotopic (exact) mass is 262 g/mol. The van der Waals surface area contributed by atoms with Crippen molar-refractivity contribution in [1.82, 2.24) is 9.97 Å².